The zero-order valence-corrected chi connectivity index (χ0v) is 14.7. The van der Waals surface area contributed by atoms with E-state index in [0.29, 0.717) is 25.3 Å². The molecule has 7 nitrogen and oxygen atoms in total. The Balaban J connectivity index is 1.53. The standard InChI is InChI=1S/C19H22N4O3/c1-14(24)22-17-5-2-15(3-6-17)12-21-19(25)16-4-7-18(20-13-16)23-8-10-26-11-9-23/h2-7,13H,8-12H2,1H3,(H,21,25)(H,22,24). The number of hydrogen-bond donors (Lipinski definition) is 2. The molecule has 1 aromatic carbocycles. The van der Waals surface area contributed by atoms with Crippen LogP contribution in [0.3, 0.4) is 0 Å². The normalized spacial score (nSPS) is 14.0. The van der Waals surface area contributed by atoms with Gasteiger partial charge in [-0.25, -0.2) is 4.98 Å². The van der Waals surface area contributed by atoms with Crippen LogP contribution in [0.15, 0.2) is 42.6 Å². The van der Waals surface area contributed by atoms with Crippen molar-refractivity contribution in [3.8, 4) is 0 Å². The van der Waals surface area contributed by atoms with Crippen molar-refractivity contribution in [2.75, 3.05) is 36.5 Å². The molecule has 2 amide bonds. The van der Waals surface area contributed by atoms with E-state index in [4.69, 9.17) is 4.74 Å². The van der Waals surface area contributed by atoms with Crippen LogP contribution in [0.5, 0.6) is 0 Å². The molecular weight excluding hydrogens is 332 g/mol. The first-order chi connectivity index (χ1) is 12.6. The Morgan fingerprint density at radius 3 is 2.46 bits per heavy atom. The van der Waals surface area contributed by atoms with Gasteiger partial charge in [0.25, 0.3) is 5.91 Å². The molecule has 0 radical (unpaired) electrons. The van der Waals surface area contributed by atoms with Gasteiger partial charge in [0.2, 0.25) is 5.91 Å². The molecule has 0 saturated carbocycles. The highest BCUT2D eigenvalue weighted by Crippen LogP contribution is 2.13. The van der Waals surface area contributed by atoms with Crippen molar-refractivity contribution in [2.45, 2.75) is 13.5 Å². The lowest BCUT2D eigenvalue weighted by Crippen LogP contribution is -2.36. The third-order valence-corrected chi connectivity index (χ3v) is 4.07. The smallest absolute Gasteiger partial charge is 0.253 e. The summed E-state index contributed by atoms with van der Waals surface area (Å²) in [7, 11) is 0. The second-order valence-corrected chi connectivity index (χ2v) is 6.07. The van der Waals surface area contributed by atoms with Crippen molar-refractivity contribution in [2.24, 2.45) is 0 Å². The minimum atomic E-state index is -0.169. The fourth-order valence-electron chi connectivity index (χ4n) is 2.69. The Kier molecular flexibility index (Phi) is 5.80. The molecule has 1 aromatic heterocycles. The molecule has 1 aliphatic heterocycles. The van der Waals surface area contributed by atoms with Crippen LogP contribution in [-0.4, -0.2) is 43.1 Å². The molecule has 7 heteroatoms. The van der Waals surface area contributed by atoms with Gasteiger partial charge in [0.05, 0.1) is 18.8 Å². The highest BCUT2D eigenvalue weighted by atomic mass is 16.5. The number of pyridine rings is 1. The third kappa shape index (κ3) is 4.80. The predicted molar refractivity (Wildman–Crippen MR) is 99.2 cm³/mol. The number of nitrogens with zero attached hydrogens (tertiary/aromatic N) is 2. The van der Waals surface area contributed by atoms with Gasteiger partial charge in [0.1, 0.15) is 5.82 Å². The molecule has 0 aliphatic carbocycles. The van der Waals surface area contributed by atoms with Crippen molar-refractivity contribution in [3.63, 3.8) is 0 Å². The average Bonchev–Trinajstić information content (AvgIpc) is 2.67. The van der Waals surface area contributed by atoms with Gasteiger partial charge < -0.3 is 20.3 Å². The number of morpholine rings is 1. The summed E-state index contributed by atoms with van der Waals surface area (Å²) in [5, 5.41) is 5.58. The van der Waals surface area contributed by atoms with E-state index in [-0.39, 0.29) is 11.8 Å². The Morgan fingerprint density at radius 1 is 1.12 bits per heavy atom. The topological polar surface area (TPSA) is 83.6 Å². The monoisotopic (exact) mass is 354 g/mol. The van der Waals surface area contributed by atoms with E-state index in [0.717, 1.165) is 30.2 Å². The fourth-order valence-corrected chi connectivity index (χ4v) is 2.69. The summed E-state index contributed by atoms with van der Waals surface area (Å²) in [5.41, 5.74) is 2.21. The summed E-state index contributed by atoms with van der Waals surface area (Å²) < 4.78 is 5.33. The Labute approximate surface area is 152 Å². The molecule has 1 aliphatic rings. The van der Waals surface area contributed by atoms with Crippen molar-refractivity contribution in [1.82, 2.24) is 10.3 Å². The minimum absolute atomic E-state index is 0.112. The highest BCUT2D eigenvalue weighted by molar-refractivity contribution is 5.94. The molecule has 136 valence electrons. The van der Waals surface area contributed by atoms with Crippen molar-refractivity contribution in [3.05, 3.63) is 53.7 Å². The second-order valence-electron chi connectivity index (χ2n) is 6.07. The lowest BCUT2D eigenvalue weighted by molar-refractivity contribution is -0.114. The van der Waals surface area contributed by atoms with Gasteiger partial charge >= 0.3 is 0 Å². The number of carbonyl (C=O) groups is 2. The van der Waals surface area contributed by atoms with Crippen molar-refractivity contribution < 1.29 is 14.3 Å². The summed E-state index contributed by atoms with van der Waals surface area (Å²) in [6, 6.07) is 11.0. The Morgan fingerprint density at radius 2 is 1.85 bits per heavy atom. The van der Waals surface area contributed by atoms with Crippen LogP contribution in [0.25, 0.3) is 0 Å². The highest BCUT2D eigenvalue weighted by Gasteiger charge is 2.13. The van der Waals surface area contributed by atoms with Crippen LogP contribution >= 0.6 is 0 Å². The molecular formula is C19H22N4O3. The first-order valence-corrected chi connectivity index (χ1v) is 8.55. The maximum atomic E-state index is 12.3. The minimum Gasteiger partial charge on any atom is -0.378 e. The number of nitrogens with one attached hydrogen (secondary N) is 2. The summed E-state index contributed by atoms with van der Waals surface area (Å²) in [5.74, 6) is 0.578. The quantitative estimate of drug-likeness (QED) is 0.856. The zero-order valence-electron chi connectivity index (χ0n) is 14.7. The first kappa shape index (κ1) is 17.9. The van der Waals surface area contributed by atoms with Crippen LogP contribution in [0, 0.1) is 0 Å². The third-order valence-electron chi connectivity index (χ3n) is 4.07. The number of hydrogen-bond acceptors (Lipinski definition) is 5. The SMILES string of the molecule is CC(=O)Nc1ccc(CNC(=O)c2ccc(N3CCOCC3)nc2)cc1. The van der Waals surface area contributed by atoms with Crippen LogP contribution in [0.2, 0.25) is 0 Å². The van der Waals surface area contributed by atoms with E-state index in [9.17, 15) is 9.59 Å². The maximum absolute atomic E-state index is 12.3. The van der Waals surface area contributed by atoms with Crippen LogP contribution in [0.4, 0.5) is 11.5 Å². The van der Waals surface area contributed by atoms with Gasteiger partial charge in [0.15, 0.2) is 0 Å². The molecule has 2 heterocycles. The van der Waals surface area contributed by atoms with E-state index >= 15 is 0 Å². The van der Waals surface area contributed by atoms with E-state index in [1.165, 1.54) is 6.92 Å². The van der Waals surface area contributed by atoms with E-state index < -0.39 is 0 Å². The molecule has 0 spiro atoms. The maximum Gasteiger partial charge on any atom is 0.253 e. The molecule has 0 unspecified atom stereocenters. The number of amides is 2. The van der Waals surface area contributed by atoms with Crippen molar-refractivity contribution >= 4 is 23.3 Å². The van der Waals surface area contributed by atoms with Gasteiger partial charge in [-0.3, -0.25) is 9.59 Å². The zero-order chi connectivity index (χ0) is 18.4. The van der Waals surface area contributed by atoms with E-state index in [1.807, 2.05) is 30.3 Å². The number of ether oxygens (including phenoxy) is 1. The summed E-state index contributed by atoms with van der Waals surface area (Å²) in [6.07, 6.45) is 1.60. The molecule has 0 bridgehead atoms. The van der Waals surface area contributed by atoms with Gasteiger partial charge in [-0.2, -0.15) is 0 Å². The number of aromatic nitrogens is 1. The fraction of sp³-hybridized carbons (Fsp3) is 0.316. The van der Waals surface area contributed by atoms with E-state index in [2.05, 4.69) is 20.5 Å². The van der Waals surface area contributed by atoms with Crippen LogP contribution in [-0.2, 0) is 16.1 Å². The van der Waals surface area contributed by atoms with E-state index in [1.54, 1.807) is 12.3 Å². The second kappa shape index (κ2) is 8.44. The number of carbonyl (C=O) groups excluding carboxylic acids is 2. The molecule has 2 N–H and O–H groups in total. The molecule has 26 heavy (non-hydrogen) atoms. The van der Waals surface area contributed by atoms with Gasteiger partial charge in [0, 0.05) is 38.4 Å². The summed E-state index contributed by atoms with van der Waals surface area (Å²) >= 11 is 0. The lowest BCUT2D eigenvalue weighted by atomic mass is 10.2. The molecule has 0 atom stereocenters. The molecule has 2 aromatic rings. The Hall–Kier alpha value is -2.93. The lowest BCUT2D eigenvalue weighted by Gasteiger charge is -2.27. The van der Waals surface area contributed by atoms with Gasteiger partial charge in [-0.1, -0.05) is 12.1 Å². The van der Waals surface area contributed by atoms with Crippen LogP contribution < -0.4 is 15.5 Å². The molecule has 3 rings (SSSR count). The first-order valence-electron chi connectivity index (χ1n) is 8.55. The van der Waals surface area contributed by atoms with Gasteiger partial charge in [-0.05, 0) is 29.8 Å². The number of rotatable bonds is 5. The van der Waals surface area contributed by atoms with Crippen LogP contribution in [0.1, 0.15) is 22.8 Å². The largest absolute Gasteiger partial charge is 0.378 e. The van der Waals surface area contributed by atoms with Gasteiger partial charge in [-0.15, -0.1) is 0 Å². The summed E-state index contributed by atoms with van der Waals surface area (Å²) in [6.45, 7) is 4.90. The van der Waals surface area contributed by atoms with Crippen molar-refractivity contribution in [1.29, 1.82) is 0 Å². The molecule has 1 saturated heterocycles. The molecule has 1 fully saturated rings. The predicted octanol–water partition coefficient (Wildman–Crippen LogP) is 1.81. The Bertz CT molecular complexity index is 753. The average molecular weight is 354 g/mol. The number of benzene rings is 1. The number of anilines is 2. The summed E-state index contributed by atoms with van der Waals surface area (Å²) in [4.78, 5) is 29.8.